The highest BCUT2D eigenvalue weighted by Gasteiger charge is 2.53. The van der Waals surface area contributed by atoms with Crippen LogP contribution in [0.1, 0.15) is 108 Å². The number of halogens is 3. The standard InChI is InChI=1S/C34H41F3N4O3/c1-21(33-18-22-15-23(19-33)17-24(16-22)20-33)38-14-7-5-3-2-4-6-9-25-10-8-11-26-29(25)31(44)41(32(39-26)34(35,36)37)27-12-13-28(42)40-30(27)43/h8,10-11,21-24,27,38H,2-5,7,12-20H2,1H3,(H,40,42,43)/t21-,22?,23?,24?,27-,33?/m0/s1. The van der Waals surface area contributed by atoms with Crippen LogP contribution in [-0.4, -0.2) is 34.0 Å². The van der Waals surface area contributed by atoms with Gasteiger partial charge in [-0.25, -0.2) is 4.98 Å². The molecular formula is C34H41F3N4O3. The van der Waals surface area contributed by atoms with E-state index in [1.54, 1.807) is 6.07 Å². The van der Waals surface area contributed by atoms with E-state index in [1.807, 2.05) is 5.32 Å². The predicted molar refractivity (Wildman–Crippen MR) is 160 cm³/mol. The topological polar surface area (TPSA) is 93.1 Å². The van der Waals surface area contributed by atoms with Gasteiger partial charge in [0.25, 0.3) is 5.56 Å². The minimum Gasteiger partial charge on any atom is -0.314 e. The second-order valence-electron chi connectivity index (χ2n) is 13.7. The molecule has 2 amide bonds. The third kappa shape index (κ3) is 6.17. The van der Waals surface area contributed by atoms with E-state index in [4.69, 9.17) is 0 Å². The number of carbonyl (C=O) groups is 2. The fourth-order valence-electron chi connectivity index (χ4n) is 8.86. The maximum atomic E-state index is 14.0. The number of amides is 2. The van der Waals surface area contributed by atoms with E-state index in [0.717, 1.165) is 50.0 Å². The second-order valence-corrected chi connectivity index (χ2v) is 13.7. The Balaban J connectivity index is 1.05. The number of hydrogen-bond donors (Lipinski definition) is 2. The van der Waals surface area contributed by atoms with Crippen molar-refractivity contribution in [3.63, 3.8) is 0 Å². The van der Waals surface area contributed by atoms with Gasteiger partial charge in [0.15, 0.2) is 0 Å². The second kappa shape index (κ2) is 12.3. The summed E-state index contributed by atoms with van der Waals surface area (Å²) >= 11 is 0. The highest BCUT2D eigenvalue weighted by atomic mass is 19.4. The Hall–Kier alpha value is -3.19. The summed E-state index contributed by atoms with van der Waals surface area (Å²) in [6.07, 6.45) is 7.98. The number of aromatic nitrogens is 2. The van der Waals surface area contributed by atoms with E-state index in [1.165, 1.54) is 50.7 Å². The number of fused-ring (bicyclic) bond motifs is 1. The van der Waals surface area contributed by atoms with Crippen molar-refractivity contribution in [2.24, 2.45) is 23.2 Å². The van der Waals surface area contributed by atoms with Gasteiger partial charge in [0.2, 0.25) is 17.6 Å². The van der Waals surface area contributed by atoms with Crippen LogP contribution in [0.3, 0.4) is 0 Å². The monoisotopic (exact) mass is 610 g/mol. The van der Waals surface area contributed by atoms with Crippen LogP contribution in [0.25, 0.3) is 10.9 Å². The normalized spacial score (nSPS) is 28.5. The van der Waals surface area contributed by atoms with Crippen molar-refractivity contribution in [2.75, 3.05) is 6.54 Å². The summed E-state index contributed by atoms with van der Waals surface area (Å²) in [6, 6.07) is 3.52. The number of unbranched alkanes of at least 4 members (excludes halogenated alkanes) is 4. The maximum Gasteiger partial charge on any atom is 0.449 e. The molecule has 2 N–H and O–H groups in total. The van der Waals surface area contributed by atoms with Gasteiger partial charge in [0.1, 0.15) is 6.04 Å². The summed E-state index contributed by atoms with van der Waals surface area (Å²) < 4.78 is 42.2. The van der Waals surface area contributed by atoms with Crippen molar-refractivity contribution < 1.29 is 22.8 Å². The molecule has 1 aromatic carbocycles. The molecule has 2 aromatic rings. The largest absolute Gasteiger partial charge is 0.449 e. The molecule has 4 saturated carbocycles. The van der Waals surface area contributed by atoms with Gasteiger partial charge in [-0.3, -0.25) is 24.3 Å². The van der Waals surface area contributed by atoms with Crippen molar-refractivity contribution in [1.29, 1.82) is 0 Å². The lowest BCUT2D eigenvalue weighted by Gasteiger charge is -2.59. The maximum absolute atomic E-state index is 14.0. The van der Waals surface area contributed by atoms with Crippen LogP contribution in [-0.2, 0) is 15.8 Å². The lowest BCUT2D eigenvalue weighted by atomic mass is 9.48. The summed E-state index contributed by atoms with van der Waals surface area (Å²) in [4.78, 5) is 41.3. The highest BCUT2D eigenvalue weighted by Crippen LogP contribution is 2.61. The lowest BCUT2D eigenvalue weighted by Crippen LogP contribution is -2.54. The first kappa shape index (κ1) is 30.8. The summed E-state index contributed by atoms with van der Waals surface area (Å²) in [7, 11) is 0. The molecule has 2 heterocycles. The van der Waals surface area contributed by atoms with Gasteiger partial charge in [-0.2, -0.15) is 13.2 Å². The molecule has 236 valence electrons. The number of imide groups is 1. The molecule has 44 heavy (non-hydrogen) atoms. The Labute approximate surface area is 255 Å². The molecule has 2 atom stereocenters. The number of carbonyl (C=O) groups excluding carboxylic acids is 2. The van der Waals surface area contributed by atoms with Crippen molar-refractivity contribution >= 4 is 22.7 Å². The number of rotatable bonds is 9. The van der Waals surface area contributed by atoms with Crippen LogP contribution in [0.2, 0.25) is 0 Å². The molecule has 0 spiro atoms. The minimum absolute atomic E-state index is 0.0584. The molecule has 0 unspecified atom stereocenters. The Morgan fingerprint density at radius 2 is 1.73 bits per heavy atom. The van der Waals surface area contributed by atoms with E-state index < -0.39 is 35.4 Å². The third-order valence-electron chi connectivity index (χ3n) is 10.6. The van der Waals surface area contributed by atoms with Crippen molar-refractivity contribution in [3.8, 4) is 11.8 Å². The number of piperidine rings is 1. The Bertz CT molecular complexity index is 1520. The molecule has 0 radical (unpaired) electrons. The molecule has 7 rings (SSSR count). The van der Waals surface area contributed by atoms with Gasteiger partial charge in [-0.15, -0.1) is 0 Å². The smallest absolute Gasteiger partial charge is 0.314 e. The summed E-state index contributed by atoms with van der Waals surface area (Å²) in [6.45, 7) is 3.42. The first-order chi connectivity index (χ1) is 21.0. The van der Waals surface area contributed by atoms with Gasteiger partial charge in [-0.05, 0) is 107 Å². The fourth-order valence-corrected chi connectivity index (χ4v) is 8.86. The molecule has 4 aliphatic carbocycles. The fraction of sp³-hybridized carbons (Fsp3) is 0.647. The summed E-state index contributed by atoms with van der Waals surface area (Å²) in [5.74, 6) is 5.92. The zero-order valence-electron chi connectivity index (χ0n) is 25.3. The van der Waals surface area contributed by atoms with Crippen LogP contribution in [0.4, 0.5) is 13.2 Å². The Kier molecular flexibility index (Phi) is 8.62. The molecule has 1 saturated heterocycles. The van der Waals surface area contributed by atoms with E-state index in [-0.39, 0.29) is 29.3 Å². The van der Waals surface area contributed by atoms with Gasteiger partial charge in [0.05, 0.1) is 10.9 Å². The van der Waals surface area contributed by atoms with Crippen molar-refractivity contribution in [2.45, 2.75) is 109 Å². The van der Waals surface area contributed by atoms with Crippen LogP contribution >= 0.6 is 0 Å². The van der Waals surface area contributed by atoms with E-state index in [0.29, 0.717) is 22.4 Å². The number of benzene rings is 1. The van der Waals surface area contributed by atoms with Crippen LogP contribution in [0, 0.1) is 35.0 Å². The highest BCUT2D eigenvalue weighted by molar-refractivity contribution is 5.99. The molecule has 4 bridgehead atoms. The molecule has 1 aliphatic heterocycles. The average molecular weight is 611 g/mol. The van der Waals surface area contributed by atoms with E-state index in [9.17, 15) is 27.6 Å². The van der Waals surface area contributed by atoms with Gasteiger partial charge in [0, 0.05) is 24.4 Å². The third-order valence-corrected chi connectivity index (χ3v) is 10.6. The van der Waals surface area contributed by atoms with Gasteiger partial charge < -0.3 is 5.32 Å². The quantitative estimate of drug-likeness (QED) is 0.210. The van der Waals surface area contributed by atoms with Gasteiger partial charge in [-0.1, -0.05) is 30.7 Å². The molecule has 5 fully saturated rings. The van der Waals surface area contributed by atoms with Gasteiger partial charge >= 0.3 is 6.18 Å². The average Bonchev–Trinajstić information content (AvgIpc) is 2.95. The van der Waals surface area contributed by atoms with E-state index >= 15 is 0 Å². The zero-order valence-corrected chi connectivity index (χ0v) is 25.3. The molecular weight excluding hydrogens is 569 g/mol. The number of nitrogens with zero attached hydrogens (tertiary/aromatic N) is 2. The van der Waals surface area contributed by atoms with Crippen molar-refractivity contribution in [3.05, 3.63) is 39.9 Å². The Morgan fingerprint density at radius 1 is 1.05 bits per heavy atom. The number of nitrogens with one attached hydrogen (secondary N) is 2. The van der Waals surface area contributed by atoms with Crippen molar-refractivity contribution in [1.82, 2.24) is 20.2 Å². The molecule has 5 aliphatic rings. The van der Waals surface area contributed by atoms with E-state index in [2.05, 4.69) is 29.1 Å². The summed E-state index contributed by atoms with van der Waals surface area (Å²) in [5, 5.41) is 5.83. The first-order valence-electron chi connectivity index (χ1n) is 16.2. The number of hydrogen-bond acceptors (Lipinski definition) is 5. The van der Waals surface area contributed by atoms with Crippen LogP contribution in [0.15, 0.2) is 23.0 Å². The molecule has 7 nitrogen and oxygen atoms in total. The minimum atomic E-state index is -4.97. The zero-order chi connectivity index (χ0) is 31.1. The lowest BCUT2D eigenvalue weighted by molar-refractivity contribution is -0.150. The number of alkyl halides is 3. The first-order valence-corrected chi connectivity index (χ1v) is 16.2. The molecule has 1 aromatic heterocycles. The van der Waals surface area contributed by atoms with Crippen LogP contribution < -0.4 is 16.2 Å². The Morgan fingerprint density at radius 3 is 2.39 bits per heavy atom. The predicted octanol–water partition coefficient (Wildman–Crippen LogP) is 5.89. The SMILES string of the molecule is C[C@H](NCCCCCCC#Cc1cccc2nc(C(F)(F)F)n([C@H]3CCC(=O)NC3=O)c(=O)c12)C12CC3CC(CC(C3)C1)C2. The van der Waals surface area contributed by atoms with Crippen LogP contribution in [0.5, 0.6) is 0 Å². The summed E-state index contributed by atoms with van der Waals surface area (Å²) in [5.41, 5.74) is -0.330. The molecule has 10 heteroatoms.